The molecule has 0 aliphatic heterocycles. The maximum atomic E-state index is 5.17. The maximum absolute atomic E-state index is 5.17. The van der Waals surface area contributed by atoms with Crippen LogP contribution in [-0.2, 0) is 4.74 Å². The van der Waals surface area contributed by atoms with Gasteiger partial charge in [0, 0.05) is 44.8 Å². The quantitative estimate of drug-likeness (QED) is 0.887. The van der Waals surface area contributed by atoms with Crippen LogP contribution in [0.15, 0.2) is 30.5 Å². The van der Waals surface area contributed by atoms with Crippen LogP contribution in [-0.4, -0.2) is 43.4 Å². The fraction of sp³-hybridized carbons (Fsp3) is 0.438. The third kappa shape index (κ3) is 3.76. The minimum Gasteiger partial charge on any atom is -0.383 e. The highest BCUT2D eigenvalue weighted by molar-refractivity contribution is 5.52. The Bertz CT molecular complexity index is 574. The average molecular weight is 288 g/mol. The molecule has 2 aromatic rings. The van der Waals surface area contributed by atoms with Crippen LogP contribution in [0.2, 0.25) is 0 Å². The van der Waals surface area contributed by atoms with E-state index in [0.29, 0.717) is 6.61 Å². The van der Waals surface area contributed by atoms with E-state index in [0.717, 1.165) is 17.3 Å². The van der Waals surface area contributed by atoms with Gasteiger partial charge in [-0.2, -0.15) is 0 Å². The number of imidazole rings is 1. The molecule has 1 aromatic heterocycles. The van der Waals surface area contributed by atoms with Crippen molar-refractivity contribution >= 4 is 11.6 Å². The van der Waals surface area contributed by atoms with Gasteiger partial charge < -0.3 is 15.0 Å². The molecule has 1 atom stereocenters. The normalized spacial score (nSPS) is 12.2. The van der Waals surface area contributed by atoms with E-state index in [1.165, 1.54) is 5.69 Å². The van der Waals surface area contributed by atoms with Gasteiger partial charge in [0.25, 0.3) is 0 Å². The molecule has 0 fully saturated rings. The lowest BCUT2D eigenvalue weighted by molar-refractivity contribution is 0.190. The summed E-state index contributed by atoms with van der Waals surface area (Å²) in [5.41, 5.74) is 3.25. The van der Waals surface area contributed by atoms with Crippen molar-refractivity contribution in [2.75, 3.05) is 38.0 Å². The van der Waals surface area contributed by atoms with Gasteiger partial charge in [0.2, 0.25) is 5.95 Å². The molecule has 0 spiro atoms. The standard InChI is InChI=1S/C16H24N4O/c1-12-10-20(16(17-12)18-13(2)11-21-5)15-8-6-14(7-9-15)19(3)4/h6-10,13H,11H2,1-5H3,(H,17,18). The lowest BCUT2D eigenvalue weighted by Gasteiger charge is -2.16. The van der Waals surface area contributed by atoms with Crippen molar-refractivity contribution in [3.05, 3.63) is 36.2 Å². The molecule has 0 aliphatic carbocycles. The minimum absolute atomic E-state index is 0.205. The molecule has 2 rings (SSSR count). The largest absolute Gasteiger partial charge is 0.383 e. The molecular weight excluding hydrogens is 264 g/mol. The fourth-order valence-corrected chi connectivity index (χ4v) is 2.22. The van der Waals surface area contributed by atoms with Gasteiger partial charge in [-0.3, -0.25) is 4.57 Å². The van der Waals surface area contributed by atoms with E-state index >= 15 is 0 Å². The van der Waals surface area contributed by atoms with Crippen molar-refractivity contribution in [3.8, 4) is 5.69 Å². The molecule has 0 saturated carbocycles. The van der Waals surface area contributed by atoms with Crippen LogP contribution in [0.3, 0.4) is 0 Å². The summed E-state index contributed by atoms with van der Waals surface area (Å²) in [5, 5.41) is 3.38. The molecule has 0 saturated heterocycles. The Morgan fingerprint density at radius 1 is 1.29 bits per heavy atom. The number of methoxy groups -OCH3 is 1. The first kappa shape index (κ1) is 15.4. The Kier molecular flexibility index (Phi) is 4.85. The fourth-order valence-electron chi connectivity index (χ4n) is 2.22. The lowest BCUT2D eigenvalue weighted by Crippen LogP contribution is -2.22. The summed E-state index contributed by atoms with van der Waals surface area (Å²) in [6, 6.07) is 8.61. The van der Waals surface area contributed by atoms with E-state index in [1.807, 2.05) is 27.2 Å². The molecule has 1 unspecified atom stereocenters. The van der Waals surface area contributed by atoms with Gasteiger partial charge in [-0.15, -0.1) is 0 Å². The van der Waals surface area contributed by atoms with E-state index in [-0.39, 0.29) is 6.04 Å². The molecule has 0 aliphatic rings. The SMILES string of the molecule is COCC(C)Nc1nc(C)cn1-c1ccc(N(C)C)cc1. The Hall–Kier alpha value is -2.01. The number of hydrogen-bond donors (Lipinski definition) is 1. The summed E-state index contributed by atoms with van der Waals surface area (Å²) in [4.78, 5) is 6.64. The van der Waals surface area contributed by atoms with Crippen LogP contribution in [0.1, 0.15) is 12.6 Å². The van der Waals surface area contributed by atoms with E-state index < -0.39 is 0 Å². The van der Waals surface area contributed by atoms with Gasteiger partial charge >= 0.3 is 0 Å². The van der Waals surface area contributed by atoms with E-state index in [1.54, 1.807) is 7.11 Å². The molecule has 1 N–H and O–H groups in total. The number of anilines is 2. The Morgan fingerprint density at radius 3 is 2.52 bits per heavy atom. The van der Waals surface area contributed by atoms with Gasteiger partial charge in [0.05, 0.1) is 12.3 Å². The highest BCUT2D eigenvalue weighted by Crippen LogP contribution is 2.20. The summed E-state index contributed by atoms with van der Waals surface area (Å²) in [7, 11) is 5.78. The van der Waals surface area contributed by atoms with Crippen LogP contribution >= 0.6 is 0 Å². The molecular formula is C16H24N4O. The molecule has 114 valence electrons. The number of aryl methyl sites for hydroxylation is 1. The second-order valence-electron chi connectivity index (χ2n) is 5.49. The third-order valence-electron chi connectivity index (χ3n) is 3.26. The van der Waals surface area contributed by atoms with Gasteiger partial charge in [-0.05, 0) is 38.1 Å². The van der Waals surface area contributed by atoms with Crippen LogP contribution in [0.4, 0.5) is 11.6 Å². The van der Waals surface area contributed by atoms with Crippen LogP contribution < -0.4 is 10.2 Å². The summed E-state index contributed by atoms with van der Waals surface area (Å²) in [6.07, 6.45) is 2.03. The van der Waals surface area contributed by atoms with Crippen LogP contribution in [0.5, 0.6) is 0 Å². The van der Waals surface area contributed by atoms with Crippen molar-refractivity contribution in [1.29, 1.82) is 0 Å². The first-order chi connectivity index (χ1) is 10.0. The van der Waals surface area contributed by atoms with Crippen LogP contribution in [0.25, 0.3) is 5.69 Å². The molecule has 0 amide bonds. The Balaban J connectivity index is 2.26. The van der Waals surface area contributed by atoms with Crippen molar-refractivity contribution < 1.29 is 4.74 Å². The van der Waals surface area contributed by atoms with Gasteiger partial charge in [-0.1, -0.05) is 0 Å². The highest BCUT2D eigenvalue weighted by Gasteiger charge is 2.10. The summed E-state index contributed by atoms with van der Waals surface area (Å²) in [5.74, 6) is 0.842. The molecule has 21 heavy (non-hydrogen) atoms. The zero-order chi connectivity index (χ0) is 15.4. The number of rotatable bonds is 6. The second-order valence-corrected chi connectivity index (χ2v) is 5.49. The number of nitrogens with zero attached hydrogens (tertiary/aromatic N) is 3. The molecule has 0 radical (unpaired) electrons. The summed E-state index contributed by atoms with van der Waals surface area (Å²) >= 11 is 0. The monoisotopic (exact) mass is 288 g/mol. The maximum Gasteiger partial charge on any atom is 0.208 e. The van der Waals surface area contributed by atoms with Crippen molar-refractivity contribution in [1.82, 2.24) is 9.55 Å². The highest BCUT2D eigenvalue weighted by atomic mass is 16.5. The zero-order valence-corrected chi connectivity index (χ0v) is 13.4. The first-order valence-corrected chi connectivity index (χ1v) is 7.10. The third-order valence-corrected chi connectivity index (χ3v) is 3.26. The minimum atomic E-state index is 0.205. The number of ether oxygens (including phenoxy) is 1. The number of nitrogens with one attached hydrogen (secondary N) is 1. The number of benzene rings is 1. The predicted octanol–water partition coefficient (Wildman–Crippen LogP) is 2.69. The van der Waals surface area contributed by atoms with Gasteiger partial charge in [0.1, 0.15) is 0 Å². The first-order valence-electron chi connectivity index (χ1n) is 7.10. The van der Waals surface area contributed by atoms with Gasteiger partial charge in [-0.25, -0.2) is 4.98 Å². The van der Waals surface area contributed by atoms with Crippen molar-refractivity contribution in [3.63, 3.8) is 0 Å². The van der Waals surface area contributed by atoms with Crippen molar-refractivity contribution in [2.45, 2.75) is 19.9 Å². The molecule has 1 aromatic carbocycles. The van der Waals surface area contributed by atoms with Gasteiger partial charge in [0.15, 0.2) is 0 Å². The lowest BCUT2D eigenvalue weighted by atomic mass is 10.2. The Morgan fingerprint density at radius 2 is 1.95 bits per heavy atom. The molecule has 0 bridgehead atoms. The average Bonchev–Trinajstić information content (AvgIpc) is 2.79. The zero-order valence-electron chi connectivity index (χ0n) is 13.4. The van der Waals surface area contributed by atoms with E-state index in [2.05, 4.69) is 51.0 Å². The number of aromatic nitrogens is 2. The Labute approximate surface area is 126 Å². The van der Waals surface area contributed by atoms with Crippen molar-refractivity contribution in [2.24, 2.45) is 0 Å². The molecule has 1 heterocycles. The van der Waals surface area contributed by atoms with E-state index in [9.17, 15) is 0 Å². The molecule has 5 nitrogen and oxygen atoms in total. The molecule has 5 heteroatoms. The van der Waals surface area contributed by atoms with E-state index in [4.69, 9.17) is 4.74 Å². The smallest absolute Gasteiger partial charge is 0.208 e. The summed E-state index contributed by atoms with van der Waals surface area (Å²) < 4.78 is 7.24. The number of hydrogen-bond acceptors (Lipinski definition) is 4. The topological polar surface area (TPSA) is 42.3 Å². The summed E-state index contributed by atoms with van der Waals surface area (Å²) in [6.45, 7) is 4.72. The van der Waals surface area contributed by atoms with Crippen LogP contribution in [0, 0.1) is 6.92 Å². The second kappa shape index (κ2) is 6.63. The predicted molar refractivity (Wildman–Crippen MR) is 87.6 cm³/mol.